The molecule has 0 radical (unpaired) electrons. The maximum Gasteiger partial charge on any atom is 0.339 e. The molecule has 0 amide bonds. The van der Waals surface area contributed by atoms with Crippen molar-refractivity contribution in [1.29, 1.82) is 0 Å². The molecule has 0 aliphatic heterocycles. The van der Waals surface area contributed by atoms with Crippen LogP contribution in [0.4, 0.5) is 0 Å². The minimum Gasteiger partial charge on any atom is -0.392 e. The highest BCUT2D eigenvalue weighted by Gasteiger charge is 2.02. The van der Waals surface area contributed by atoms with Crippen molar-refractivity contribution in [3.05, 3.63) is 30.6 Å². The van der Waals surface area contributed by atoms with Crippen molar-refractivity contribution in [3.63, 3.8) is 0 Å². The van der Waals surface area contributed by atoms with Crippen LogP contribution in [-0.2, 0) is 19.1 Å². The van der Waals surface area contributed by atoms with Gasteiger partial charge in [0.05, 0.1) is 0 Å². The van der Waals surface area contributed by atoms with Crippen molar-refractivity contribution in [2.24, 2.45) is 0 Å². The first-order valence-corrected chi connectivity index (χ1v) is 4.22. The molecule has 5 nitrogen and oxygen atoms in total. The van der Waals surface area contributed by atoms with Gasteiger partial charge in [-0.3, -0.25) is 9.78 Å². The van der Waals surface area contributed by atoms with Gasteiger partial charge in [0.25, 0.3) is 0 Å². The molecule has 1 rings (SSSR count). The SMILES string of the molecule is COCC(=O)OC(C)=O.c1ccncc1. The lowest BCUT2D eigenvalue weighted by molar-refractivity contribution is -0.160. The Morgan fingerprint density at radius 2 is 1.80 bits per heavy atom. The maximum absolute atomic E-state index is 10.3. The molecule has 0 aliphatic rings. The second-order valence-corrected chi connectivity index (χ2v) is 2.42. The van der Waals surface area contributed by atoms with Crippen LogP contribution in [0.1, 0.15) is 6.92 Å². The van der Waals surface area contributed by atoms with Crippen LogP contribution in [0.15, 0.2) is 30.6 Å². The summed E-state index contributed by atoms with van der Waals surface area (Å²) in [7, 11) is 1.35. The van der Waals surface area contributed by atoms with Crippen LogP contribution in [-0.4, -0.2) is 30.6 Å². The Hall–Kier alpha value is -1.75. The van der Waals surface area contributed by atoms with Gasteiger partial charge in [0.15, 0.2) is 0 Å². The van der Waals surface area contributed by atoms with Gasteiger partial charge in [-0.1, -0.05) is 6.07 Å². The minimum absolute atomic E-state index is 0.181. The highest BCUT2D eigenvalue weighted by atomic mass is 16.6. The predicted molar refractivity (Wildman–Crippen MR) is 52.9 cm³/mol. The number of nitrogens with zero attached hydrogens (tertiary/aromatic N) is 1. The van der Waals surface area contributed by atoms with E-state index in [-0.39, 0.29) is 6.61 Å². The highest BCUT2D eigenvalue weighted by Crippen LogP contribution is 1.79. The molecule has 0 spiro atoms. The van der Waals surface area contributed by atoms with Crippen molar-refractivity contribution in [2.75, 3.05) is 13.7 Å². The summed E-state index contributed by atoms with van der Waals surface area (Å²) in [5.74, 6) is -1.28. The van der Waals surface area contributed by atoms with Crippen LogP contribution in [0.5, 0.6) is 0 Å². The fraction of sp³-hybridized carbons (Fsp3) is 0.300. The Labute approximate surface area is 88.0 Å². The summed E-state index contributed by atoms with van der Waals surface area (Å²) >= 11 is 0. The van der Waals surface area contributed by atoms with Crippen LogP contribution < -0.4 is 0 Å². The Bertz CT molecular complexity index is 260. The van der Waals surface area contributed by atoms with E-state index in [0.29, 0.717) is 0 Å². The Morgan fingerprint density at radius 1 is 1.20 bits per heavy atom. The number of hydrogen-bond donors (Lipinski definition) is 0. The molecule has 1 aromatic rings. The van der Waals surface area contributed by atoms with Crippen molar-refractivity contribution in [2.45, 2.75) is 6.92 Å². The lowest BCUT2D eigenvalue weighted by atomic mass is 10.5. The minimum atomic E-state index is -0.662. The summed E-state index contributed by atoms with van der Waals surface area (Å²) in [5.41, 5.74) is 0. The predicted octanol–water partition coefficient (Wildman–Crippen LogP) is 0.804. The average molecular weight is 211 g/mol. The van der Waals surface area contributed by atoms with Crippen molar-refractivity contribution < 1.29 is 19.1 Å². The summed E-state index contributed by atoms with van der Waals surface area (Å²) in [6, 6.07) is 5.72. The standard InChI is InChI=1S/C5H5N.C5H8O4/c1-2-4-6-5-3-1;1-4(6)9-5(7)3-8-2/h1-5H;3H2,1-2H3. The summed E-state index contributed by atoms with van der Waals surface area (Å²) in [5, 5.41) is 0. The third kappa shape index (κ3) is 10.2. The smallest absolute Gasteiger partial charge is 0.339 e. The van der Waals surface area contributed by atoms with Crippen LogP contribution in [0, 0.1) is 0 Å². The summed E-state index contributed by atoms with van der Waals surface area (Å²) in [6.45, 7) is 0.979. The molecule has 0 atom stereocenters. The molecule has 82 valence electrons. The third-order valence-electron chi connectivity index (χ3n) is 1.09. The van der Waals surface area contributed by atoms with Crippen LogP contribution in [0.25, 0.3) is 0 Å². The highest BCUT2D eigenvalue weighted by molar-refractivity contribution is 5.84. The third-order valence-corrected chi connectivity index (χ3v) is 1.09. The van der Waals surface area contributed by atoms with Gasteiger partial charge in [-0.15, -0.1) is 0 Å². The molecular formula is C10H13NO4. The zero-order valence-corrected chi connectivity index (χ0v) is 8.67. The van der Waals surface area contributed by atoms with Crippen LogP contribution in [0.3, 0.4) is 0 Å². The van der Waals surface area contributed by atoms with Gasteiger partial charge in [-0.05, 0) is 12.1 Å². The van der Waals surface area contributed by atoms with E-state index in [4.69, 9.17) is 0 Å². The molecule has 0 N–H and O–H groups in total. The van der Waals surface area contributed by atoms with Gasteiger partial charge in [-0.25, -0.2) is 4.79 Å². The molecule has 1 aromatic heterocycles. The number of pyridine rings is 1. The van der Waals surface area contributed by atoms with E-state index in [2.05, 4.69) is 14.5 Å². The molecule has 0 aliphatic carbocycles. The number of methoxy groups -OCH3 is 1. The van der Waals surface area contributed by atoms with E-state index in [1.807, 2.05) is 18.2 Å². The first kappa shape index (κ1) is 13.2. The van der Waals surface area contributed by atoms with Gasteiger partial charge in [0.2, 0.25) is 0 Å². The van der Waals surface area contributed by atoms with Crippen molar-refractivity contribution >= 4 is 11.9 Å². The lowest BCUT2D eigenvalue weighted by Crippen LogP contribution is -2.13. The average Bonchev–Trinajstić information content (AvgIpc) is 2.20. The van der Waals surface area contributed by atoms with Gasteiger partial charge in [0, 0.05) is 26.4 Å². The van der Waals surface area contributed by atoms with E-state index in [9.17, 15) is 9.59 Å². The molecule has 0 saturated heterocycles. The van der Waals surface area contributed by atoms with Gasteiger partial charge >= 0.3 is 11.9 Å². The van der Waals surface area contributed by atoms with Gasteiger partial charge in [0.1, 0.15) is 6.61 Å². The number of esters is 2. The van der Waals surface area contributed by atoms with E-state index in [1.54, 1.807) is 12.4 Å². The topological polar surface area (TPSA) is 65.5 Å². The molecule has 0 fully saturated rings. The molecule has 15 heavy (non-hydrogen) atoms. The van der Waals surface area contributed by atoms with Crippen molar-refractivity contribution in [1.82, 2.24) is 4.98 Å². The second-order valence-electron chi connectivity index (χ2n) is 2.42. The van der Waals surface area contributed by atoms with Crippen LogP contribution >= 0.6 is 0 Å². The molecule has 1 heterocycles. The molecule has 0 unspecified atom stereocenters. The lowest BCUT2D eigenvalue weighted by Gasteiger charge is -1.95. The largest absolute Gasteiger partial charge is 0.392 e. The van der Waals surface area contributed by atoms with E-state index in [0.717, 1.165) is 6.92 Å². The van der Waals surface area contributed by atoms with E-state index < -0.39 is 11.9 Å². The molecule has 0 saturated carbocycles. The Kier molecular flexibility index (Phi) is 7.80. The molecular weight excluding hydrogens is 198 g/mol. The number of ether oxygens (including phenoxy) is 2. The van der Waals surface area contributed by atoms with Crippen molar-refractivity contribution in [3.8, 4) is 0 Å². The van der Waals surface area contributed by atoms with Gasteiger partial charge < -0.3 is 9.47 Å². The fourth-order valence-electron chi connectivity index (χ4n) is 0.620. The maximum atomic E-state index is 10.3. The fourth-order valence-corrected chi connectivity index (χ4v) is 0.620. The summed E-state index contributed by atoms with van der Waals surface area (Å²) in [4.78, 5) is 24.1. The van der Waals surface area contributed by atoms with E-state index in [1.165, 1.54) is 7.11 Å². The van der Waals surface area contributed by atoms with E-state index >= 15 is 0 Å². The number of rotatable bonds is 2. The monoisotopic (exact) mass is 211 g/mol. The van der Waals surface area contributed by atoms with Gasteiger partial charge in [-0.2, -0.15) is 0 Å². The molecule has 0 aromatic carbocycles. The number of carbonyl (C=O) groups is 2. The number of carbonyl (C=O) groups excluding carboxylic acids is 2. The van der Waals surface area contributed by atoms with Crippen LogP contribution in [0.2, 0.25) is 0 Å². The summed E-state index contributed by atoms with van der Waals surface area (Å²) < 4.78 is 8.47. The zero-order valence-electron chi connectivity index (χ0n) is 8.67. The molecule has 0 bridgehead atoms. The first-order valence-electron chi connectivity index (χ1n) is 4.22. The molecule has 5 heteroatoms. The quantitative estimate of drug-likeness (QED) is 0.535. The normalized spacial score (nSPS) is 8.40. The first-order chi connectivity index (χ1) is 7.16. The summed E-state index contributed by atoms with van der Waals surface area (Å²) in [6.07, 6.45) is 3.50. The second kappa shape index (κ2) is 8.83. The Morgan fingerprint density at radius 3 is 2.07 bits per heavy atom. The zero-order chi connectivity index (χ0) is 11.5. The Balaban J connectivity index is 0.000000280. The number of aromatic nitrogens is 1. The number of hydrogen-bond acceptors (Lipinski definition) is 5.